The third-order valence-corrected chi connectivity index (χ3v) is 5.10. The first-order valence-electron chi connectivity index (χ1n) is 10.4. The molecule has 0 bridgehead atoms. The van der Waals surface area contributed by atoms with Crippen molar-refractivity contribution in [3.05, 3.63) is 23.7 Å². The standard InChI is InChI=1S/C21H38N4O2.HI/c1-5-22-20(24-16-21(4,26)19-11-10-18(3)27-19)23-12-6-7-13-25-14-8-9-17(2)15-25;/h10-11,17,26H,5-9,12-16H2,1-4H3,(H2,22,23,24);1H. The van der Waals surface area contributed by atoms with Gasteiger partial charge in [-0.25, -0.2) is 4.99 Å². The van der Waals surface area contributed by atoms with Gasteiger partial charge in [-0.05, 0) is 77.6 Å². The van der Waals surface area contributed by atoms with Crippen molar-refractivity contribution in [3.63, 3.8) is 0 Å². The second-order valence-corrected chi connectivity index (χ2v) is 8.06. The van der Waals surface area contributed by atoms with Gasteiger partial charge in [0.2, 0.25) is 0 Å². The highest BCUT2D eigenvalue weighted by Crippen LogP contribution is 2.23. The molecule has 2 rings (SSSR count). The highest BCUT2D eigenvalue weighted by molar-refractivity contribution is 14.0. The van der Waals surface area contributed by atoms with Gasteiger partial charge in [0.1, 0.15) is 17.1 Å². The Bertz CT molecular complexity index is 589. The van der Waals surface area contributed by atoms with Crippen molar-refractivity contribution in [1.82, 2.24) is 15.5 Å². The number of likely N-dealkylation sites (tertiary alicyclic amines) is 1. The molecule has 0 aromatic carbocycles. The smallest absolute Gasteiger partial charge is 0.191 e. The molecule has 28 heavy (non-hydrogen) atoms. The summed E-state index contributed by atoms with van der Waals surface area (Å²) in [6.07, 6.45) is 5.03. The Kier molecular flexibility index (Phi) is 11.4. The molecule has 1 aliphatic rings. The van der Waals surface area contributed by atoms with Crippen LogP contribution >= 0.6 is 24.0 Å². The lowest BCUT2D eigenvalue weighted by Gasteiger charge is -2.30. The molecule has 3 N–H and O–H groups in total. The lowest BCUT2D eigenvalue weighted by molar-refractivity contribution is 0.0428. The number of hydrogen-bond acceptors (Lipinski definition) is 4. The second kappa shape index (κ2) is 12.7. The van der Waals surface area contributed by atoms with E-state index in [9.17, 15) is 5.11 Å². The summed E-state index contributed by atoms with van der Waals surface area (Å²) in [6, 6.07) is 3.67. The predicted octanol–water partition coefficient (Wildman–Crippen LogP) is 3.48. The van der Waals surface area contributed by atoms with Gasteiger partial charge < -0.3 is 25.1 Å². The van der Waals surface area contributed by atoms with Crippen LogP contribution in [0.1, 0.15) is 58.0 Å². The lowest BCUT2D eigenvalue weighted by Crippen LogP contribution is -2.39. The molecule has 1 aliphatic heterocycles. The van der Waals surface area contributed by atoms with E-state index in [1.807, 2.05) is 26.0 Å². The van der Waals surface area contributed by atoms with Crippen molar-refractivity contribution < 1.29 is 9.52 Å². The van der Waals surface area contributed by atoms with Gasteiger partial charge in [-0.1, -0.05) is 6.92 Å². The second-order valence-electron chi connectivity index (χ2n) is 8.06. The van der Waals surface area contributed by atoms with E-state index in [-0.39, 0.29) is 30.5 Å². The Morgan fingerprint density at radius 2 is 2.14 bits per heavy atom. The largest absolute Gasteiger partial charge is 0.463 e. The van der Waals surface area contributed by atoms with E-state index in [4.69, 9.17) is 4.42 Å². The zero-order chi connectivity index (χ0) is 19.7. The van der Waals surface area contributed by atoms with Gasteiger partial charge in [0.05, 0.1) is 6.54 Å². The molecule has 7 heteroatoms. The van der Waals surface area contributed by atoms with Gasteiger partial charge >= 0.3 is 0 Å². The first-order chi connectivity index (χ1) is 12.9. The van der Waals surface area contributed by atoms with Crippen molar-refractivity contribution in [3.8, 4) is 0 Å². The van der Waals surface area contributed by atoms with E-state index in [1.54, 1.807) is 6.92 Å². The van der Waals surface area contributed by atoms with Gasteiger partial charge in [0.15, 0.2) is 5.96 Å². The van der Waals surface area contributed by atoms with Crippen LogP contribution in [-0.2, 0) is 5.60 Å². The third-order valence-electron chi connectivity index (χ3n) is 5.10. The van der Waals surface area contributed by atoms with Gasteiger partial charge in [0, 0.05) is 19.6 Å². The predicted molar refractivity (Wildman–Crippen MR) is 126 cm³/mol. The molecule has 0 amide bonds. The van der Waals surface area contributed by atoms with Crippen molar-refractivity contribution >= 4 is 29.9 Å². The molecular formula is C21H39IN4O2. The summed E-state index contributed by atoms with van der Waals surface area (Å²) in [5.74, 6) is 2.93. The Morgan fingerprint density at radius 1 is 1.36 bits per heavy atom. The Hall–Kier alpha value is -0.800. The molecular weight excluding hydrogens is 467 g/mol. The van der Waals surface area contributed by atoms with E-state index in [0.717, 1.165) is 37.1 Å². The van der Waals surface area contributed by atoms with Gasteiger partial charge in [-0.2, -0.15) is 0 Å². The number of aliphatic hydroxyl groups is 1. The highest BCUT2D eigenvalue weighted by Gasteiger charge is 2.26. The van der Waals surface area contributed by atoms with Crippen LogP contribution < -0.4 is 10.6 Å². The van der Waals surface area contributed by atoms with Crippen LogP contribution in [0, 0.1) is 12.8 Å². The van der Waals surface area contributed by atoms with Crippen LogP contribution in [0.3, 0.4) is 0 Å². The maximum absolute atomic E-state index is 10.6. The molecule has 0 saturated carbocycles. The number of halogens is 1. The minimum Gasteiger partial charge on any atom is -0.463 e. The molecule has 1 aromatic rings. The summed E-state index contributed by atoms with van der Waals surface area (Å²) in [4.78, 5) is 7.14. The number of aliphatic imine (C=N–C) groups is 1. The number of unbranched alkanes of at least 4 members (excludes halogenated alkanes) is 1. The lowest BCUT2D eigenvalue weighted by atomic mass is 10.0. The highest BCUT2D eigenvalue weighted by atomic mass is 127. The van der Waals surface area contributed by atoms with Gasteiger partial charge in [0.25, 0.3) is 0 Å². The number of hydrogen-bond donors (Lipinski definition) is 3. The first-order valence-corrected chi connectivity index (χ1v) is 10.4. The fourth-order valence-electron chi connectivity index (χ4n) is 3.53. The van der Waals surface area contributed by atoms with E-state index in [1.165, 1.54) is 38.9 Å². The third kappa shape index (κ3) is 8.69. The van der Waals surface area contributed by atoms with Crippen LogP contribution in [0.15, 0.2) is 21.5 Å². The van der Waals surface area contributed by atoms with E-state index in [2.05, 4.69) is 27.4 Å². The summed E-state index contributed by atoms with van der Waals surface area (Å²) >= 11 is 0. The molecule has 2 unspecified atom stereocenters. The van der Waals surface area contributed by atoms with Crippen LogP contribution in [-0.4, -0.2) is 55.2 Å². The monoisotopic (exact) mass is 506 g/mol. The Balaban J connectivity index is 0.00000392. The summed E-state index contributed by atoms with van der Waals surface area (Å²) in [5.41, 5.74) is -1.11. The number of guanidine groups is 1. The van der Waals surface area contributed by atoms with E-state index >= 15 is 0 Å². The zero-order valence-corrected chi connectivity index (χ0v) is 20.3. The van der Waals surface area contributed by atoms with Gasteiger partial charge in [-0.15, -0.1) is 24.0 Å². The van der Waals surface area contributed by atoms with Crippen molar-refractivity contribution in [1.29, 1.82) is 0 Å². The minimum absolute atomic E-state index is 0. The van der Waals surface area contributed by atoms with Gasteiger partial charge in [-0.3, -0.25) is 0 Å². The summed E-state index contributed by atoms with van der Waals surface area (Å²) in [5, 5.41) is 17.2. The summed E-state index contributed by atoms with van der Waals surface area (Å²) in [7, 11) is 0. The molecule has 2 atom stereocenters. The molecule has 162 valence electrons. The molecule has 1 aromatic heterocycles. The van der Waals surface area contributed by atoms with E-state index < -0.39 is 5.60 Å². The number of nitrogens with zero attached hydrogens (tertiary/aromatic N) is 2. The summed E-state index contributed by atoms with van der Waals surface area (Å²) < 4.78 is 5.55. The molecule has 1 saturated heterocycles. The Morgan fingerprint density at radius 3 is 2.79 bits per heavy atom. The zero-order valence-electron chi connectivity index (χ0n) is 18.0. The molecule has 0 spiro atoms. The maximum atomic E-state index is 10.6. The van der Waals surface area contributed by atoms with Crippen LogP contribution in [0.25, 0.3) is 0 Å². The normalized spacial score (nSPS) is 20.3. The first kappa shape index (κ1) is 25.2. The van der Waals surface area contributed by atoms with Crippen LogP contribution in [0.2, 0.25) is 0 Å². The molecule has 6 nitrogen and oxygen atoms in total. The maximum Gasteiger partial charge on any atom is 0.191 e. The SMILES string of the molecule is CCNC(=NCC(C)(O)c1ccc(C)o1)NCCCCN1CCCC(C)C1.I. The van der Waals surface area contributed by atoms with Crippen molar-refractivity contribution in [2.24, 2.45) is 10.9 Å². The van der Waals surface area contributed by atoms with Crippen LogP contribution in [0.4, 0.5) is 0 Å². The molecule has 0 radical (unpaired) electrons. The average molecular weight is 506 g/mol. The number of rotatable bonds is 9. The van der Waals surface area contributed by atoms with Crippen LogP contribution in [0.5, 0.6) is 0 Å². The number of aryl methyl sites for hydroxylation is 1. The Labute approximate surface area is 187 Å². The topological polar surface area (TPSA) is 73.0 Å². The van der Waals surface area contributed by atoms with E-state index in [0.29, 0.717) is 5.76 Å². The fraction of sp³-hybridized carbons (Fsp3) is 0.762. The quantitative estimate of drug-likeness (QED) is 0.207. The summed E-state index contributed by atoms with van der Waals surface area (Å²) in [6.45, 7) is 13.6. The minimum atomic E-state index is -1.11. The number of furan rings is 1. The molecule has 1 fully saturated rings. The van der Waals surface area contributed by atoms with Crippen molar-refractivity contribution in [2.75, 3.05) is 39.3 Å². The van der Waals surface area contributed by atoms with Crippen molar-refractivity contribution in [2.45, 2.75) is 59.0 Å². The number of nitrogens with one attached hydrogen (secondary N) is 2. The fourth-order valence-corrected chi connectivity index (χ4v) is 3.53. The molecule has 0 aliphatic carbocycles. The molecule has 2 heterocycles. The number of piperidine rings is 1. The average Bonchev–Trinajstić information content (AvgIpc) is 3.07.